The van der Waals surface area contributed by atoms with Gasteiger partial charge in [0.1, 0.15) is 5.69 Å². The van der Waals surface area contributed by atoms with Gasteiger partial charge in [0.25, 0.3) is 6.43 Å². The number of aromatic nitrogens is 1. The van der Waals surface area contributed by atoms with Crippen LogP contribution in [0.25, 0.3) is 0 Å². The summed E-state index contributed by atoms with van der Waals surface area (Å²) in [6.45, 7) is 1.44. The largest absolute Gasteiger partial charge is 0.478 e. The average Bonchev–Trinajstić information content (AvgIpc) is 2.16. The van der Waals surface area contributed by atoms with E-state index >= 15 is 0 Å². The van der Waals surface area contributed by atoms with Crippen LogP contribution in [0.5, 0.6) is 0 Å². The van der Waals surface area contributed by atoms with Crippen molar-refractivity contribution in [3.8, 4) is 0 Å². The fraction of sp³-hybridized carbons (Fsp3) is 0.333. The summed E-state index contributed by atoms with van der Waals surface area (Å²) in [6, 6.07) is 0. The van der Waals surface area contributed by atoms with Gasteiger partial charge in [-0.2, -0.15) is 0 Å². The molecular formula is C9H8ClF2NO2. The van der Waals surface area contributed by atoms with Crippen LogP contribution < -0.4 is 0 Å². The van der Waals surface area contributed by atoms with Crippen LogP contribution in [-0.4, -0.2) is 16.1 Å². The van der Waals surface area contributed by atoms with Gasteiger partial charge in [-0.1, -0.05) is 0 Å². The first-order valence-corrected chi connectivity index (χ1v) is 4.58. The number of hydrogen-bond acceptors (Lipinski definition) is 2. The molecule has 0 radical (unpaired) electrons. The molecule has 1 N–H and O–H groups in total. The Morgan fingerprint density at radius 2 is 2.27 bits per heavy atom. The molecule has 1 aromatic rings. The van der Waals surface area contributed by atoms with E-state index in [0.717, 1.165) is 0 Å². The molecule has 0 saturated carbocycles. The highest BCUT2D eigenvalue weighted by molar-refractivity contribution is 6.17. The van der Waals surface area contributed by atoms with Gasteiger partial charge in [0.05, 0.1) is 5.56 Å². The third-order valence-corrected chi connectivity index (χ3v) is 2.32. The Balaban J connectivity index is 3.44. The zero-order valence-corrected chi connectivity index (χ0v) is 8.55. The van der Waals surface area contributed by atoms with E-state index in [1.165, 1.54) is 13.1 Å². The minimum absolute atomic E-state index is 0.0443. The maximum absolute atomic E-state index is 12.4. The molecule has 0 spiro atoms. The number of carboxylic acids is 1. The maximum Gasteiger partial charge on any atom is 0.338 e. The summed E-state index contributed by atoms with van der Waals surface area (Å²) in [4.78, 5) is 14.2. The first-order chi connectivity index (χ1) is 6.99. The lowest BCUT2D eigenvalue weighted by Crippen LogP contribution is -2.10. The number of alkyl halides is 3. The van der Waals surface area contributed by atoms with Crippen molar-refractivity contribution in [1.29, 1.82) is 0 Å². The molecule has 0 saturated heterocycles. The van der Waals surface area contributed by atoms with E-state index in [2.05, 4.69) is 4.98 Å². The van der Waals surface area contributed by atoms with E-state index in [1.54, 1.807) is 0 Å². The lowest BCUT2D eigenvalue weighted by Gasteiger charge is -2.10. The Morgan fingerprint density at radius 3 is 2.67 bits per heavy atom. The number of carboxylic acid groups (broad SMARTS) is 1. The lowest BCUT2D eigenvalue weighted by molar-refractivity contribution is 0.0681. The van der Waals surface area contributed by atoms with Gasteiger partial charge in [-0.3, -0.25) is 4.98 Å². The minimum atomic E-state index is -2.90. The van der Waals surface area contributed by atoms with Crippen molar-refractivity contribution in [2.75, 3.05) is 0 Å². The average molecular weight is 236 g/mol. The fourth-order valence-corrected chi connectivity index (χ4v) is 1.50. The summed E-state index contributed by atoms with van der Waals surface area (Å²) in [5.74, 6) is -1.37. The monoisotopic (exact) mass is 235 g/mol. The molecule has 6 heteroatoms. The van der Waals surface area contributed by atoms with Crippen LogP contribution in [0.2, 0.25) is 0 Å². The molecular weight excluding hydrogens is 228 g/mol. The van der Waals surface area contributed by atoms with Crippen LogP contribution in [0.1, 0.15) is 33.6 Å². The lowest BCUT2D eigenvalue weighted by atomic mass is 10.0. The molecule has 1 rings (SSSR count). The van der Waals surface area contributed by atoms with Crippen molar-refractivity contribution >= 4 is 17.6 Å². The normalized spacial score (nSPS) is 10.7. The van der Waals surface area contributed by atoms with Crippen molar-refractivity contribution in [3.05, 3.63) is 28.6 Å². The molecule has 15 heavy (non-hydrogen) atoms. The Hall–Kier alpha value is -1.23. The number of nitrogens with zero attached hydrogens (tertiary/aromatic N) is 1. The molecule has 82 valence electrons. The molecule has 0 aliphatic rings. The molecule has 0 atom stereocenters. The number of halogens is 3. The number of carbonyl (C=O) groups is 1. The zero-order valence-electron chi connectivity index (χ0n) is 7.80. The predicted octanol–water partition coefficient (Wildman–Crippen LogP) is 2.76. The molecule has 1 heterocycles. The van der Waals surface area contributed by atoms with Gasteiger partial charge in [0.2, 0.25) is 0 Å². The highest BCUT2D eigenvalue weighted by atomic mass is 35.5. The Bertz CT molecular complexity index is 396. The second-order valence-corrected chi connectivity index (χ2v) is 3.18. The number of rotatable bonds is 3. The molecule has 1 aromatic heterocycles. The molecule has 0 unspecified atom stereocenters. The van der Waals surface area contributed by atoms with Gasteiger partial charge >= 0.3 is 5.97 Å². The summed E-state index contributed by atoms with van der Waals surface area (Å²) >= 11 is 5.52. The maximum atomic E-state index is 12.4. The first-order valence-electron chi connectivity index (χ1n) is 4.04. The predicted molar refractivity (Wildman–Crippen MR) is 50.4 cm³/mol. The SMILES string of the molecule is Cc1c(CCl)cnc(C(F)F)c1C(=O)O. The molecule has 0 aliphatic carbocycles. The van der Waals surface area contributed by atoms with Crippen LogP contribution in [0.3, 0.4) is 0 Å². The van der Waals surface area contributed by atoms with Gasteiger partial charge < -0.3 is 5.11 Å². The molecule has 0 aromatic carbocycles. The van der Waals surface area contributed by atoms with Gasteiger partial charge in [0.15, 0.2) is 0 Å². The number of aromatic carboxylic acids is 1. The highest BCUT2D eigenvalue weighted by Crippen LogP contribution is 2.25. The molecule has 0 bridgehead atoms. The highest BCUT2D eigenvalue weighted by Gasteiger charge is 2.23. The molecule has 0 aliphatic heterocycles. The van der Waals surface area contributed by atoms with Crippen LogP contribution in [-0.2, 0) is 5.88 Å². The Labute approximate surface area is 89.7 Å². The van der Waals surface area contributed by atoms with E-state index in [-0.39, 0.29) is 11.4 Å². The van der Waals surface area contributed by atoms with Gasteiger partial charge in [0, 0.05) is 12.1 Å². The third kappa shape index (κ3) is 2.23. The van der Waals surface area contributed by atoms with Crippen LogP contribution in [0.4, 0.5) is 8.78 Å². The topological polar surface area (TPSA) is 50.2 Å². The smallest absolute Gasteiger partial charge is 0.338 e. The Kier molecular flexibility index (Phi) is 3.57. The molecule has 3 nitrogen and oxygen atoms in total. The molecule has 0 fully saturated rings. The quantitative estimate of drug-likeness (QED) is 0.820. The van der Waals surface area contributed by atoms with Crippen molar-refractivity contribution in [1.82, 2.24) is 4.98 Å². The minimum Gasteiger partial charge on any atom is -0.478 e. The van der Waals surface area contributed by atoms with Crippen molar-refractivity contribution < 1.29 is 18.7 Å². The zero-order chi connectivity index (χ0) is 11.6. The van der Waals surface area contributed by atoms with Gasteiger partial charge in [-0.25, -0.2) is 13.6 Å². The van der Waals surface area contributed by atoms with E-state index in [9.17, 15) is 13.6 Å². The summed E-state index contributed by atoms with van der Waals surface area (Å²) < 4.78 is 24.9. The number of pyridine rings is 1. The second-order valence-electron chi connectivity index (χ2n) is 2.91. The standard InChI is InChI=1S/C9H8ClF2NO2/c1-4-5(2-10)3-13-7(8(11)12)6(4)9(14)15/h3,8H,2H2,1H3,(H,14,15). The Morgan fingerprint density at radius 1 is 1.67 bits per heavy atom. The van der Waals surface area contributed by atoms with Crippen molar-refractivity contribution in [3.63, 3.8) is 0 Å². The van der Waals surface area contributed by atoms with Crippen LogP contribution in [0, 0.1) is 6.92 Å². The van der Waals surface area contributed by atoms with Crippen LogP contribution in [0.15, 0.2) is 6.20 Å². The van der Waals surface area contributed by atoms with E-state index in [1.807, 2.05) is 0 Å². The molecule has 0 amide bonds. The second kappa shape index (κ2) is 4.53. The van der Waals surface area contributed by atoms with Gasteiger partial charge in [-0.15, -0.1) is 11.6 Å². The summed E-state index contributed by atoms with van der Waals surface area (Å²) in [5, 5.41) is 8.80. The number of hydrogen-bond donors (Lipinski definition) is 1. The van der Waals surface area contributed by atoms with E-state index < -0.39 is 23.7 Å². The van der Waals surface area contributed by atoms with E-state index in [0.29, 0.717) is 5.56 Å². The first kappa shape index (κ1) is 11.8. The van der Waals surface area contributed by atoms with Crippen LogP contribution >= 0.6 is 11.6 Å². The van der Waals surface area contributed by atoms with Crippen molar-refractivity contribution in [2.24, 2.45) is 0 Å². The summed E-state index contributed by atoms with van der Waals surface area (Å²) in [5.41, 5.74) is -0.488. The summed E-state index contributed by atoms with van der Waals surface area (Å²) in [7, 11) is 0. The van der Waals surface area contributed by atoms with E-state index in [4.69, 9.17) is 16.7 Å². The van der Waals surface area contributed by atoms with Crippen molar-refractivity contribution in [2.45, 2.75) is 19.2 Å². The summed E-state index contributed by atoms with van der Waals surface area (Å²) in [6.07, 6.45) is -1.73. The van der Waals surface area contributed by atoms with Gasteiger partial charge in [-0.05, 0) is 18.1 Å². The fourth-order valence-electron chi connectivity index (χ4n) is 1.23. The third-order valence-electron chi connectivity index (χ3n) is 2.04.